The van der Waals surface area contributed by atoms with Crippen LogP contribution in [0, 0.1) is 6.92 Å². The fourth-order valence-electron chi connectivity index (χ4n) is 6.62. The van der Waals surface area contributed by atoms with Gasteiger partial charge in [-0.3, -0.25) is 9.59 Å². The molecular weight excluding hydrogens is 614 g/mol. The van der Waals surface area contributed by atoms with Crippen LogP contribution < -0.4 is 10.6 Å². The molecule has 5 atom stereocenters. The van der Waals surface area contributed by atoms with Crippen molar-refractivity contribution in [3.05, 3.63) is 70.3 Å². The summed E-state index contributed by atoms with van der Waals surface area (Å²) in [6.45, 7) is 15.5. The molecule has 2 aliphatic heterocycles. The molecule has 2 aromatic rings. The van der Waals surface area contributed by atoms with Gasteiger partial charge in [0, 0.05) is 25.1 Å². The third kappa shape index (κ3) is 7.78. The maximum absolute atomic E-state index is 12.7. The van der Waals surface area contributed by atoms with Gasteiger partial charge in [0.05, 0.1) is 12.2 Å². The second kappa shape index (κ2) is 14.9. The first kappa shape index (κ1) is 37.9. The first-order chi connectivity index (χ1) is 22.5. The van der Waals surface area contributed by atoms with Gasteiger partial charge in [-0.1, -0.05) is 50.2 Å². The zero-order valence-electron chi connectivity index (χ0n) is 29.5. The Labute approximate surface area is 284 Å². The van der Waals surface area contributed by atoms with Crippen LogP contribution in [0.1, 0.15) is 82.2 Å². The quantitative estimate of drug-likeness (QED) is 0.167. The number of fused-ring (bicyclic) bond motifs is 2. The lowest BCUT2D eigenvalue weighted by Gasteiger charge is -2.50. The monoisotopic (exact) mass is 669 g/mol. The molecule has 0 aliphatic carbocycles. The molecule has 11 heteroatoms. The van der Waals surface area contributed by atoms with Crippen molar-refractivity contribution in [3.8, 4) is 0 Å². The van der Waals surface area contributed by atoms with Crippen molar-refractivity contribution in [1.29, 1.82) is 0 Å². The first-order valence-corrected chi connectivity index (χ1v) is 17.1. The molecule has 2 aliphatic rings. The van der Waals surface area contributed by atoms with E-state index in [0.717, 1.165) is 41.9 Å². The number of hydrogen-bond acceptors (Lipinski definition) is 9. The molecular formula is C37H55N3O8. The molecule has 0 aromatic heterocycles. The van der Waals surface area contributed by atoms with Gasteiger partial charge < -0.3 is 45.4 Å². The van der Waals surface area contributed by atoms with Crippen LogP contribution in [-0.4, -0.2) is 105 Å². The molecule has 48 heavy (non-hydrogen) atoms. The molecule has 0 unspecified atom stereocenters. The molecule has 6 N–H and O–H groups in total. The molecule has 2 heterocycles. The van der Waals surface area contributed by atoms with E-state index >= 15 is 0 Å². The van der Waals surface area contributed by atoms with E-state index in [0.29, 0.717) is 37.8 Å². The van der Waals surface area contributed by atoms with Gasteiger partial charge in [0.1, 0.15) is 23.9 Å². The van der Waals surface area contributed by atoms with Gasteiger partial charge in [-0.2, -0.15) is 0 Å². The van der Waals surface area contributed by atoms with E-state index in [9.17, 15) is 30.0 Å². The van der Waals surface area contributed by atoms with E-state index in [1.807, 2.05) is 43.3 Å². The lowest BCUT2D eigenvalue weighted by atomic mass is 9.75. The summed E-state index contributed by atoms with van der Waals surface area (Å²) >= 11 is 0. The smallest absolute Gasteiger partial charge is 0.245 e. The number of aryl methyl sites for hydroxylation is 2. The minimum Gasteiger partial charge on any atom is -0.387 e. The van der Waals surface area contributed by atoms with Crippen molar-refractivity contribution < 1.29 is 39.5 Å². The SMILES string of the molecule is CCN(CC)CCNC(=O)C(C)(C)NC(=O)CCCc1ccc(Cc2cc([C@]34OC[C@](C(C)(C)O)(O3)[C@@H](O)[C@H](O)[C@H]4O)ccc2C)cc1. The zero-order valence-corrected chi connectivity index (χ0v) is 29.5. The highest BCUT2D eigenvalue weighted by molar-refractivity contribution is 5.90. The number of rotatable bonds is 15. The van der Waals surface area contributed by atoms with Gasteiger partial charge in [-0.15, -0.1) is 0 Å². The molecule has 2 fully saturated rings. The average Bonchev–Trinajstić information content (AvgIpc) is 3.44. The van der Waals surface area contributed by atoms with E-state index in [2.05, 4.69) is 29.4 Å². The molecule has 4 rings (SSSR count). The lowest BCUT2D eigenvalue weighted by molar-refractivity contribution is -0.348. The van der Waals surface area contributed by atoms with Crippen LogP contribution in [0.5, 0.6) is 0 Å². The van der Waals surface area contributed by atoms with Crippen LogP contribution in [0.3, 0.4) is 0 Å². The second-order valence-corrected chi connectivity index (χ2v) is 14.3. The van der Waals surface area contributed by atoms with E-state index < -0.39 is 40.8 Å². The van der Waals surface area contributed by atoms with Gasteiger partial charge in [0.15, 0.2) is 5.60 Å². The highest BCUT2D eigenvalue weighted by Crippen LogP contribution is 2.53. The molecule has 2 saturated heterocycles. The number of hydrogen-bond donors (Lipinski definition) is 6. The Hall–Kier alpha value is -2.90. The number of ether oxygens (including phenoxy) is 2. The standard InChI is InChI=1S/C37H55N3O8/c1-8-40(9-2)20-19-38-33(45)34(4,5)39-29(41)12-10-11-25-14-16-26(17-15-25)21-27-22-28(18-13-24(27)3)37-32(44)30(42)31(43)36(48-37,23-47-37)35(6,7)46/h13-18,22,30-32,42-44,46H,8-12,19-21,23H2,1-7H3,(H,38,45)(H,39,41)/t30-,31-,32+,36-,37-/m0/s1. The van der Waals surface area contributed by atoms with Gasteiger partial charge in [-0.05, 0) is 95.3 Å². The fourth-order valence-corrected chi connectivity index (χ4v) is 6.62. The maximum Gasteiger partial charge on any atom is 0.245 e. The Kier molecular flexibility index (Phi) is 11.8. The van der Waals surface area contributed by atoms with Crippen molar-refractivity contribution in [1.82, 2.24) is 15.5 Å². The van der Waals surface area contributed by atoms with Crippen molar-refractivity contribution in [2.24, 2.45) is 0 Å². The van der Waals surface area contributed by atoms with Gasteiger partial charge in [0.25, 0.3) is 0 Å². The van der Waals surface area contributed by atoms with E-state index in [1.165, 1.54) is 13.8 Å². The number of aliphatic hydroxyl groups excluding tert-OH is 3. The summed E-state index contributed by atoms with van der Waals surface area (Å²) < 4.78 is 12.2. The summed E-state index contributed by atoms with van der Waals surface area (Å²) in [7, 11) is 0. The lowest BCUT2D eigenvalue weighted by Crippen LogP contribution is -2.70. The van der Waals surface area contributed by atoms with Gasteiger partial charge >= 0.3 is 0 Å². The number of amides is 2. The third-order valence-electron chi connectivity index (χ3n) is 10.1. The molecule has 0 radical (unpaired) electrons. The first-order valence-electron chi connectivity index (χ1n) is 17.1. The summed E-state index contributed by atoms with van der Waals surface area (Å²) in [4.78, 5) is 27.5. The minimum absolute atomic E-state index is 0.162. The Bertz CT molecular complexity index is 1420. The molecule has 2 bridgehead atoms. The predicted molar refractivity (Wildman–Crippen MR) is 182 cm³/mol. The van der Waals surface area contributed by atoms with Crippen molar-refractivity contribution in [3.63, 3.8) is 0 Å². The number of nitrogens with zero attached hydrogens (tertiary/aromatic N) is 1. The highest BCUT2D eigenvalue weighted by atomic mass is 16.8. The number of nitrogens with one attached hydrogen (secondary N) is 2. The number of likely N-dealkylation sites (N-methyl/N-ethyl adjacent to an activating group) is 1. The number of aliphatic hydroxyl groups is 4. The Balaban J connectivity index is 1.33. The zero-order chi connectivity index (χ0) is 35.5. The molecule has 2 aromatic carbocycles. The number of carbonyl (C=O) groups excluding carboxylic acids is 2. The Morgan fingerprint density at radius 1 is 0.979 bits per heavy atom. The maximum atomic E-state index is 12.7. The third-order valence-corrected chi connectivity index (χ3v) is 10.1. The van der Waals surface area contributed by atoms with Crippen LogP contribution in [0.2, 0.25) is 0 Å². The van der Waals surface area contributed by atoms with E-state index in [4.69, 9.17) is 9.47 Å². The minimum atomic E-state index is -1.75. The van der Waals surface area contributed by atoms with Crippen molar-refractivity contribution in [2.75, 3.05) is 32.8 Å². The second-order valence-electron chi connectivity index (χ2n) is 14.3. The number of carbonyl (C=O) groups is 2. The Morgan fingerprint density at radius 3 is 2.25 bits per heavy atom. The van der Waals surface area contributed by atoms with E-state index in [-0.39, 0.29) is 18.4 Å². The molecule has 266 valence electrons. The van der Waals surface area contributed by atoms with Gasteiger partial charge in [-0.25, -0.2) is 0 Å². The highest BCUT2D eigenvalue weighted by Gasteiger charge is 2.71. The van der Waals surface area contributed by atoms with Crippen LogP contribution in [-0.2, 0) is 37.7 Å². The predicted octanol–water partition coefficient (Wildman–Crippen LogP) is 2.07. The Morgan fingerprint density at radius 2 is 1.62 bits per heavy atom. The topological polar surface area (TPSA) is 161 Å². The summed E-state index contributed by atoms with van der Waals surface area (Å²) in [5.41, 5.74) is 0.440. The summed E-state index contributed by atoms with van der Waals surface area (Å²) in [5, 5.41) is 49.3. The molecule has 11 nitrogen and oxygen atoms in total. The van der Waals surface area contributed by atoms with Crippen LogP contribution >= 0.6 is 0 Å². The van der Waals surface area contributed by atoms with Gasteiger partial charge in [0.2, 0.25) is 17.6 Å². The summed E-state index contributed by atoms with van der Waals surface area (Å²) in [6, 6.07) is 13.7. The van der Waals surface area contributed by atoms with Crippen LogP contribution in [0.4, 0.5) is 0 Å². The van der Waals surface area contributed by atoms with E-state index in [1.54, 1.807) is 19.9 Å². The largest absolute Gasteiger partial charge is 0.387 e. The molecule has 2 amide bonds. The fraction of sp³-hybridized carbons (Fsp3) is 0.622. The number of benzene rings is 2. The van der Waals surface area contributed by atoms with Crippen LogP contribution in [0.25, 0.3) is 0 Å². The average molecular weight is 670 g/mol. The summed E-state index contributed by atoms with van der Waals surface area (Å²) in [6.07, 6.45) is -2.46. The van der Waals surface area contributed by atoms with Crippen molar-refractivity contribution >= 4 is 11.8 Å². The summed E-state index contributed by atoms with van der Waals surface area (Å²) in [5.74, 6) is -2.11. The van der Waals surface area contributed by atoms with Crippen molar-refractivity contribution in [2.45, 2.75) is 115 Å². The normalized spacial score (nSPS) is 25.7. The molecule has 0 spiro atoms. The molecule has 0 saturated carbocycles. The van der Waals surface area contributed by atoms with Crippen LogP contribution in [0.15, 0.2) is 42.5 Å².